The van der Waals surface area contributed by atoms with Crippen LogP contribution in [-0.2, 0) is 10.2 Å². The Balaban J connectivity index is 1.89. The number of halogens is 3. The number of hydrogen-bond donors (Lipinski definition) is 3. The second-order valence-corrected chi connectivity index (χ2v) is 7.55. The maximum Gasteiger partial charge on any atom is 0.402 e. The molecule has 1 aliphatic carbocycles. The summed E-state index contributed by atoms with van der Waals surface area (Å²) in [4.78, 5) is 0. The van der Waals surface area contributed by atoms with E-state index < -0.39 is 22.9 Å². The zero-order valence-electron chi connectivity index (χ0n) is 11.8. The normalized spacial score (nSPS) is 26.9. The molecule has 1 saturated carbocycles. The third kappa shape index (κ3) is 5.39. The molecule has 1 heterocycles. The van der Waals surface area contributed by atoms with Gasteiger partial charge in [0.1, 0.15) is 6.54 Å². The standard InChI is InChI=1S/C12H22F3N3O2S/c13-12(14,15)9-17-21(19,20)18-10-4-7-16-11(8-10)5-2-1-3-6-11/h10,16-18H,1-9H2. The molecular weight excluding hydrogens is 307 g/mol. The molecule has 0 aromatic carbocycles. The van der Waals surface area contributed by atoms with Crippen LogP contribution in [0, 0.1) is 0 Å². The van der Waals surface area contributed by atoms with Crippen LogP contribution in [0.4, 0.5) is 13.2 Å². The van der Waals surface area contributed by atoms with Crippen molar-refractivity contribution in [2.75, 3.05) is 13.1 Å². The summed E-state index contributed by atoms with van der Waals surface area (Å²) in [6, 6.07) is -0.310. The van der Waals surface area contributed by atoms with Gasteiger partial charge in [0.2, 0.25) is 0 Å². The van der Waals surface area contributed by atoms with Gasteiger partial charge in [-0.3, -0.25) is 0 Å². The van der Waals surface area contributed by atoms with E-state index in [4.69, 9.17) is 0 Å². The monoisotopic (exact) mass is 329 g/mol. The molecule has 3 N–H and O–H groups in total. The first-order valence-electron chi connectivity index (χ1n) is 7.29. The molecule has 1 aliphatic heterocycles. The molecule has 9 heteroatoms. The van der Waals surface area contributed by atoms with Gasteiger partial charge in [-0.25, -0.2) is 0 Å². The fourth-order valence-electron chi connectivity index (χ4n) is 3.31. The van der Waals surface area contributed by atoms with Crippen LogP contribution in [0.15, 0.2) is 0 Å². The Morgan fingerprint density at radius 1 is 1.19 bits per heavy atom. The summed E-state index contributed by atoms with van der Waals surface area (Å²) in [6.45, 7) is -0.856. The van der Waals surface area contributed by atoms with E-state index in [1.807, 2.05) is 0 Å². The van der Waals surface area contributed by atoms with Gasteiger partial charge in [-0.15, -0.1) is 0 Å². The number of alkyl halides is 3. The van der Waals surface area contributed by atoms with Crippen molar-refractivity contribution < 1.29 is 21.6 Å². The Labute approximate surface area is 123 Å². The van der Waals surface area contributed by atoms with E-state index >= 15 is 0 Å². The molecular formula is C12H22F3N3O2S. The number of rotatable bonds is 4. The van der Waals surface area contributed by atoms with Crippen molar-refractivity contribution in [2.24, 2.45) is 0 Å². The zero-order valence-corrected chi connectivity index (χ0v) is 12.6. The summed E-state index contributed by atoms with van der Waals surface area (Å²) < 4.78 is 63.5. The SMILES string of the molecule is O=S(=O)(NCC(F)(F)F)NC1CCNC2(CCCCC2)C1. The van der Waals surface area contributed by atoms with Crippen molar-refractivity contribution in [2.45, 2.75) is 62.7 Å². The van der Waals surface area contributed by atoms with Gasteiger partial charge < -0.3 is 5.32 Å². The minimum atomic E-state index is -4.55. The van der Waals surface area contributed by atoms with Crippen LogP contribution in [-0.4, -0.2) is 39.3 Å². The third-order valence-electron chi connectivity index (χ3n) is 4.23. The molecule has 2 rings (SSSR count). The van der Waals surface area contributed by atoms with Crippen LogP contribution in [0.2, 0.25) is 0 Å². The van der Waals surface area contributed by atoms with E-state index in [-0.39, 0.29) is 11.6 Å². The van der Waals surface area contributed by atoms with E-state index in [0.29, 0.717) is 19.4 Å². The molecule has 1 saturated heterocycles. The number of hydrogen-bond acceptors (Lipinski definition) is 3. The smallest absolute Gasteiger partial charge is 0.311 e. The molecule has 21 heavy (non-hydrogen) atoms. The Kier molecular flexibility index (Phi) is 5.17. The van der Waals surface area contributed by atoms with E-state index in [0.717, 1.165) is 25.7 Å². The Hall–Kier alpha value is -0.380. The first-order chi connectivity index (χ1) is 9.70. The highest BCUT2D eigenvalue weighted by molar-refractivity contribution is 7.87. The average molecular weight is 329 g/mol. The Morgan fingerprint density at radius 3 is 2.48 bits per heavy atom. The van der Waals surface area contributed by atoms with Crippen molar-refractivity contribution in [3.63, 3.8) is 0 Å². The summed E-state index contributed by atoms with van der Waals surface area (Å²) in [7, 11) is -4.12. The van der Waals surface area contributed by atoms with Crippen molar-refractivity contribution in [3.05, 3.63) is 0 Å². The molecule has 0 aromatic rings. The van der Waals surface area contributed by atoms with Crippen molar-refractivity contribution >= 4 is 10.2 Å². The predicted molar refractivity (Wildman–Crippen MR) is 73.0 cm³/mol. The first-order valence-corrected chi connectivity index (χ1v) is 8.77. The second-order valence-electron chi connectivity index (χ2n) is 6.02. The quantitative estimate of drug-likeness (QED) is 0.731. The summed E-state index contributed by atoms with van der Waals surface area (Å²) >= 11 is 0. The Morgan fingerprint density at radius 2 is 1.86 bits per heavy atom. The van der Waals surface area contributed by atoms with Gasteiger partial charge in [0.05, 0.1) is 0 Å². The lowest BCUT2D eigenvalue weighted by molar-refractivity contribution is -0.121. The first kappa shape index (κ1) is 17.0. The van der Waals surface area contributed by atoms with Crippen LogP contribution >= 0.6 is 0 Å². The van der Waals surface area contributed by atoms with Crippen molar-refractivity contribution in [1.29, 1.82) is 0 Å². The van der Waals surface area contributed by atoms with E-state index in [9.17, 15) is 21.6 Å². The van der Waals surface area contributed by atoms with Gasteiger partial charge in [-0.05, 0) is 32.2 Å². The highest BCUT2D eigenvalue weighted by atomic mass is 32.2. The lowest BCUT2D eigenvalue weighted by atomic mass is 9.75. The molecule has 0 radical (unpaired) electrons. The second kappa shape index (κ2) is 6.39. The van der Waals surface area contributed by atoms with Crippen LogP contribution in [0.5, 0.6) is 0 Å². The molecule has 5 nitrogen and oxygen atoms in total. The molecule has 0 bridgehead atoms. The zero-order chi connectivity index (χ0) is 15.6. The van der Waals surface area contributed by atoms with Crippen LogP contribution in [0.25, 0.3) is 0 Å². The van der Waals surface area contributed by atoms with Crippen molar-refractivity contribution in [3.8, 4) is 0 Å². The summed E-state index contributed by atoms with van der Waals surface area (Å²) in [5.74, 6) is 0. The molecule has 1 unspecified atom stereocenters. The fraction of sp³-hybridized carbons (Fsp3) is 1.00. The summed E-state index contributed by atoms with van der Waals surface area (Å²) in [5.41, 5.74) is -0.0479. The predicted octanol–water partition coefficient (Wildman–Crippen LogP) is 1.43. The minimum Gasteiger partial charge on any atom is -0.311 e. The topological polar surface area (TPSA) is 70.2 Å². The number of piperidine rings is 1. The molecule has 1 atom stereocenters. The lowest BCUT2D eigenvalue weighted by Crippen LogP contribution is -2.58. The van der Waals surface area contributed by atoms with Gasteiger partial charge in [0, 0.05) is 11.6 Å². The third-order valence-corrected chi connectivity index (χ3v) is 5.39. The van der Waals surface area contributed by atoms with Crippen LogP contribution in [0.3, 0.4) is 0 Å². The maximum absolute atomic E-state index is 12.1. The van der Waals surface area contributed by atoms with Gasteiger partial charge in [0.15, 0.2) is 0 Å². The summed E-state index contributed by atoms with van der Waals surface area (Å²) in [5, 5.41) is 3.47. The van der Waals surface area contributed by atoms with Gasteiger partial charge in [-0.2, -0.15) is 31.0 Å². The van der Waals surface area contributed by atoms with E-state index in [2.05, 4.69) is 10.0 Å². The Bertz CT molecular complexity index is 442. The van der Waals surface area contributed by atoms with E-state index in [1.54, 1.807) is 4.72 Å². The molecule has 1 spiro atoms. The lowest BCUT2D eigenvalue weighted by Gasteiger charge is -2.44. The maximum atomic E-state index is 12.1. The van der Waals surface area contributed by atoms with Gasteiger partial charge in [-0.1, -0.05) is 19.3 Å². The minimum absolute atomic E-state index is 0.0479. The number of nitrogens with one attached hydrogen (secondary N) is 3. The summed E-state index contributed by atoms with van der Waals surface area (Å²) in [6.07, 6.45) is 2.09. The largest absolute Gasteiger partial charge is 0.402 e. The molecule has 0 aromatic heterocycles. The average Bonchev–Trinajstić information content (AvgIpc) is 2.36. The van der Waals surface area contributed by atoms with Crippen molar-refractivity contribution in [1.82, 2.24) is 14.8 Å². The molecule has 2 aliphatic rings. The molecule has 2 fully saturated rings. The highest BCUT2D eigenvalue weighted by Crippen LogP contribution is 2.34. The molecule has 124 valence electrons. The highest BCUT2D eigenvalue weighted by Gasteiger charge is 2.38. The van der Waals surface area contributed by atoms with Crippen LogP contribution < -0.4 is 14.8 Å². The van der Waals surface area contributed by atoms with Gasteiger partial charge in [0.25, 0.3) is 10.2 Å². The van der Waals surface area contributed by atoms with E-state index in [1.165, 1.54) is 6.42 Å². The van der Waals surface area contributed by atoms with Crippen LogP contribution in [0.1, 0.15) is 44.9 Å². The van der Waals surface area contributed by atoms with Gasteiger partial charge >= 0.3 is 6.18 Å². The fourth-order valence-corrected chi connectivity index (χ4v) is 4.38. The molecule has 0 amide bonds.